The van der Waals surface area contributed by atoms with E-state index in [2.05, 4.69) is 11.1 Å². The third-order valence-corrected chi connectivity index (χ3v) is 5.79. The fourth-order valence-electron chi connectivity index (χ4n) is 3.57. The summed E-state index contributed by atoms with van der Waals surface area (Å²) in [5.74, 6) is 2.56. The van der Waals surface area contributed by atoms with Crippen molar-refractivity contribution in [3.63, 3.8) is 0 Å². The first-order chi connectivity index (χ1) is 13.1. The Morgan fingerprint density at radius 3 is 3.04 bits per heavy atom. The minimum atomic E-state index is 0.110. The van der Waals surface area contributed by atoms with E-state index in [1.54, 1.807) is 7.11 Å². The molecule has 6 heteroatoms. The van der Waals surface area contributed by atoms with Crippen LogP contribution in [0.15, 0.2) is 46.2 Å². The van der Waals surface area contributed by atoms with Crippen LogP contribution < -0.4 is 4.74 Å². The molecule has 0 bridgehead atoms. The zero-order valence-corrected chi connectivity index (χ0v) is 16.3. The molecule has 1 aliphatic heterocycles. The second-order valence-electron chi connectivity index (χ2n) is 6.75. The van der Waals surface area contributed by atoms with Gasteiger partial charge in [-0.05, 0) is 49.6 Å². The van der Waals surface area contributed by atoms with E-state index in [0.29, 0.717) is 6.42 Å². The fourth-order valence-corrected chi connectivity index (χ4v) is 4.35. The van der Waals surface area contributed by atoms with Gasteiger partial charge in [-0.3, -0.25) is 4.79 Å². The summed E-state index contributed by atoms with van der Waals surface area (Å²) < 4.78 is 11.0. The summed E-state index contributed by atoms with van der Waals surface area (Å²) in [5, 5.41) is 2.76. The van der Waals surface area contributed by atoms with Gasteiger partial charge in [0.15, 0.2) is 10.8 Å². The number of rotatable bonds is 5. The van der Waals surface area contributed by atoms with E-state index < -0.39 is 0 Å². The highest BCUT2D eigenvalue weighted by atomic mass is 32.1. The molecule has 140 valence electrons. The summed E-state index contributed by atoms with van der Waals surface area (Å²) in [7, 11) is 1.66. The van der Waals surface area contributed by atoms with Crippen molar-refractivity contribution in [1.82, 2.24) is 9.88 Å². The molecule has 3 aromatic rings. The summed E-state index contributed by atoms with van der Waals surface area (Å²) in [6.07, 6.45) is 2.31. The van der Waals surface area contributed by atoms with Crippen LogP contribution in [0.1, 0.15) is 35.9 Å². The Morgan fingerprint density at radius 1 is 1.37 bits per heavy atom. The first kappa shape index (κ1) is 17.8. The molecule has 3 heterocycles. The quantitative estimate of drug-likeness (QED) is 0.646. The largest absolute Gasteiger partial charge is 0.497 e. The SMILES string of the molecule is COc1cccc(C2CCCN2C(=O)Cc2csc(-c3ccc(C)o3)n2)c1. The number of nitrogens with zero attached hydrogens (tertiary/aromatic N) is 2. The van der Waals surface area contributed by atoms with Crippen molar-refractivity contribution in [2.75, 3.05) is 13.7 Å². The smallest absolute Gasteiger partial charge is 0.229 e. The second kappa shape index (κ2) is 7.56. The average molecular weight is 382 g/mol. The van der Waals surface area contributed by atoms with Crippen LogP contribution in [0.4, 0.5) is 0 Å². The number of hydrogen-bond acceptors (Lipinski definition) is 5. The first-order valence-corrected chi connectivity index (χ1v) is 9.96. The van der Waals surface area contributed by atoms with Gasteiger partial charge in [0.1, 0.15) is 11.5 Å². The highest BCUT2D eigenvalue weighted by Crippen LogP contribution is 2.34. The third kappa shape index (κ3) is 3.76. The molecule has 5 nitrogen and oxygen atoms in total. The number of methoxy groups -OCH3 is 1. The molecule has 27 heavy (non-hydrogen) atoms. The maximum absolute atomic E-state index is 12.9. The van der Waals surface area contributed by atoms with Crippen molar-refractivity contribution >= 4 is 17.2 Å². The molecule has 1 saturated heterocycles. The lowest BCUT2D eigenvalue weighted by atomic mass is 10.0. The van der Waals surface area contributed by atoms with Crippen LogP contribution >= 0.6 is 11.3 Å². The van der Waals surface area contributed by atoms with Crippen molar-refractivity contribution in [2.45, 2.75) is 32.2 Å². The van der Waals surface area contributed by atoms with Gasteiger partial charge < -0.3 is 14.1 Å². The topological polar surface area (TPSA) is 55.6 Å². The molecule has 0 N–H and O–H groups in total. The van der Waals surface area contributed by atoms with Crippen LogP contribution in [0.25, 0.3) is 10.8 Å². The summed E-state index contributed by atoms with van der Waals surface area (Å²) in [4.78, 5) is 19.5. The van der Waals surface area contributed by atoms with Gasteiger partial charge in [0, 0.05) is 11.9 Å². The Kier molecular flexibility index (Phi) is 4.99. The maximum atomic E-state index is 12.9. The molecule has 1 aromatic carbocycles. The predicted octanol–water partition coefficient (Wildman–Crippen LogP) is 4.63. The summed E-state index contributed by atoms with van der Waals surface area (Å²) in [5.41, 5.74) is 1.93. The molecule has 1 atom stereocenters. The number of hydrogen-bond donors (Lipinski definition) is 0. The number of likely N-dealkylation sites (tertiary alicyclic amines) is 1. The van der Waals surface area contributed by atoms with E-state index in [9.17, 15) is 4.79 Å². The van der Waals surface area contributed by atoms with E-state index >= 15 is 0 Å². The van der Waals surface area contributed by atoms with Crippen LogP contribution in [0.2, 0.25) is 0 Å². The van der Waals surface area contributed by atoms with Gasteiger partial charge in [0.05, 0.1) is 25.3 Å². The highest BCUT2D eigenvalue weighted by molar-refractivity contribution is 7.13. The van der Waals surface area contributed by atoms with E-state index in [0.717, 1.165) is 52.9 Å². The van der Waals surface area contributed by atoms with E-state index in [4.69, 9.17) is 9.15 Å². The van der Waals surface area contributed by atoms with Gasteiger partial charge in [0.2, 0.25) is 5.91 Å². The molecular formula is C21H22N2O3S. The Labute approximate surface area is 162 Å². The standard InChI is InChI=1S/C21H22N2O3S/c1-14-8-9-19(26-14)21-22-16(13-27-21)12-20(24)23-10-4-7-18(23)15-5-3-6-17(11-15)25-2/h3,5-6,8-9,11,13,18H,4,7,10,12H2,1-2H3. The summed E-state index contributed by atoms with van der Waals surface area (Å²) in [6.45, 7) is 2.70. The monoisotopic (exact) mass is 382 g/mol. The number of thiazole rings is 1. The number of carbonyl (C=O) groups excluding carboxylic acids is 1. The zero-order valence-electron chi connectivity index (χ0n) is 15.5. The van der Waals surface area contributed by atoms with Crippen molar-refractivity contribution in [3.8, 4) is 16.5 Å². The van der Waals surface area contributed by atoms with Gasteiger partial charge in [-0.25, -0.2) is 4.98 Å². The van der Waals surface area contributed by atoms with Gasteiger partial charge in [0.25, 0.3) is 0 Å². The normalized spacial score (nSPS) is 16.7. The van der Waals surface area contributed by atoms with Crippen LogP contribution in [0, 0.1) is 6.92 Å². The average Bonchev–Trinajstić information content (AvgIpc) is 3.41. The van der Waals surface area contributed by atoms with E-state index in [-0.39, 0.29) is 11.9 Å². The predicted molar refractivity (Wildman–Crippen MR) is 105 cm³/mol. The van der Waals surface area contributed by atoms with Crippen molar-refractivity contribution in [1.29, 1.82) is 0 Å². The Balaban J connectivity index is 1.48. The Morgan fingerprint density at radius 2 is 2.26 bits per heavy atom. The minimum Gasteiger partial charge on any atom is -0.497 e. The lowest BCUT2D eigenvalue weighted by Crippen LogP contribution is -2.31. The molecule has 1 unspecified atom stereocenters. The minimum absolute atomic E-state index is 0.110. The number of carbonyl (C=O) groups is 1. The van der Waals surface area contributed by atoms with Crippen LogP contribution in [-0.4, -0.2) is 29.4 Å². The molecule has 0 spiro atoms. The lowest BCUT2D eigenvalue weighted by molar-refractivity contribution is -0.131. The van der Waals surface area contributed by atoms with Gasteiger partial charge in [-0.2, -0.15) is 0 Å². The molecule has 1 amide bonds. The van der Waals surface area contributed by atoms with Gasteiger partial charge in [-0.1, -0.05) is 12.1 Å². The molecule has 0 saturated carbocycles. The molecule has 0 radical (unpaired) electrons. The Bertz CT molecular complexity index is 946. The van der Waals surface area contributed by atoms with Gasteiger partial charge >= 0.3 is 0 Å². The fraction of sp³-hybridized carbons (Fsp3) is 0.333. The first-order valence-electron chi connectivity index (χ1n) is 9.08. The third-order valence-electron chi connectivity index (χ3n) is 4.89. The molecule has 0 aliphatic carbocycles. The lowest BCUT2D eigenvalue weighted by Gasteiger charge is -2.25. The molecule has 1 fully saturated rings. The van der Waals surface area contributed by atoms with E-state index in [1.165, 1.54) is 11.3 Å². The summed E-state index contributed by atoms with van der Waals surface area (Å²) in [6, 6.07) is 11.9. The van der Waals surface area contributed by atoms with Gasteiger partial charge in [-0.15, -0.1) is 11.3 Å². The summed E-state index contributed by atoms with van der Waals surface area (Å²) >= 11 is 1.51. The number of amides is 1. The zero-order chi connectivity index (χ0) is 18.8. The number of aryl methyl sites for hydroxylation is 1. The molecular weight excluding hydrogens is 360 g/mol. The van der Waals surface area contributed by atoms with Crippen LogP contribution in [-0.2, 0) is 11.2 Å². The van der Waals surface area contributed by atoms with Crippen molar-refractivity contribution in [2.24, 2.45) is 0 Å². The number of aromatic nitrogens is 1. The number of ether oxygens (including phenoxy) is 1. The molecule has 1 aliphatic rings. The van der Waals surface area contributed by atoms with Crippen LogP contribution in [0.5, 0.6) is 5.75 Å². The number of furan rings is 1. The molecule has 4 rings (SSSR count). The highest BCUT2D eigenvalue weighted by Gasteiger charge is 2.30. The van der Waals surface area contributed by atoms with Crippen molar-refractivity contribution in [3.05, 3.63) is 58.8 Å². The Hall–Kier alpha value is -2.60. The molecule has 2 aromatic heterocycles. The number of benzene rings is 1. The maximum Gasteiger partial charge on any atom is 0.229 e. The van der Waals surface area contributed by atoms with Crippen molar-refractivity contribution < 1.29 is 13.9 Å². The van der Waals surface area contributed by atoms with E-state index in [1.807, 2.05) is 47.5 Å². The second-order valence-corrected chi connectivity index (χ2v) is 7.61. The van der Waals surface area contributed by atoms with Crippen LogP contribution in [0.3, 0.4) is 0 Å².